The molecule has 0 aromatic heterocycles. The van der Waals surface area contributed by atoms with Gasteiger partial charge in [-0.3, -0.25) is 0 Å². The molecule has 0 bridgehead atoms. The standard InChI is InChI=1S/C12H17FN2O3S/c1-18-11-6-3-2-5-10(11)12(13)7-4-8-15(9-12)19(14,16)17/h2-3,5-6H,4,7-9H2,1H3,(H2,14,16,17). The first kappa shape index (κ1) is 14.2. The predicted molar refractivity (Wildman–Crippen MR) is 69.7 cm³/mol. The average molecular weight is 288 g/mol. The van der Waals surface area contributed by atoms with Crippen LogP contribution in [0.5, 0.6) is 5.75 Å². The predicted octanol–water partition coefficient (Wildman–Crippen LogP) is 1.16. The number of nitrogens with two attached hydrogens (primary N) is 1. The van der Waals surface area contributed by atoms with E-state index >= 15 is 4.39 Å². The summed E-state index contributed by atoms with van der Waals surface area (Å²) in [6.45, 7) is -0.0220. The number of alkyl halides is 1. The fourth-order valence-electron chi connectivity index (χ4n) is 2.43. The molecule has 2 N–H and O–H groups in total. The quantitative estimate of drug-likeness (QED) is 0.907. The summed E-state index contributed by atoms with van der Waals surface area (Å²) in [6.07, 6.45) is 0.671. The molecule has 0 saturated carbocycles. The van der Waals surface area contributed by atoms with Crippen LogP contribution in [0.15, 0.2) is 24.3 Å². The molecule has 7 heteroatoms. The molecular formula is C12H17FN2O3S. The number of benzene rings is 1. The highest BCUT2D eigenvalue weighted by atomic mass is 32.2. The van der Waals surface area contributed by atoms with Crippen LogP contribution in [0.3, 0.4) is 0 Å². The monoisotopic (exact) mass is 288 g/mol. The fourth-order valence-corrected chi connectivity index (χ4v) is 3.19. The van der Waals surface area contributed by atoms with Gasteiger partial charge in [-0.25, -0.2) is 9.53 Å². The minimum atomic E-state index is -3.87. The Morgan fingerprint density at radius 2 is 2.11 bits per heavy atom. The minimum Gasteiger partial charge on any atom is -0.496 e. The van der Waals surface area contributed by atoms with Crippen LogP contribution in [0.4, 0.5) is 4.39 Å². The van der Waals surface area contributed by atoms with Crippen molar-refractivity contribution in [2.75, 3.05) is 20.2 Å². The second kappa shape index (κ2) is 5.07. The summed E-state index contributed by atoms with van der Waals surface area (Å²) in [5.41, 5.74) is -1.40. The fraction of sp³-hybridized carbons (Fsp3) is 0.500. The largest absolute Gasteiger partial charge is 0.496 e. The highest BCUT2D eigenvalue weighted by Gasteiger charge is 2.42. The number of hydrogen-bond donors (Lipinski definition) is 1. The number of halogens is 1. The van der Waals surface area contributed by atoms with Crippen molar-refractivity contribution < 1.29 is 17.5 Å². The minimum absolute atomic E-state index is 0.249. The molecular weight excluding hydrogens is 271 g/mol. The van der Waals surface area contributed by atoms with Crippen LogP contribution >= 0.6 is 0 Å². The third-order valence-corrected chi connectivity index (χ3v) is 4.39. The average Bonchev–Trinajstić information content (AvgIpc) is 2.38. The van der Waals surface area contributed by atoms with E-state index in [-0.39, 0.29) is 19.5 Å². The van der Waals surface area contributed by atoms with E-state index in [1.165, 1.54) is 7.11 Å². The maximum Gasteiger partial charge on any atom is 0.277 e. The highest BCUT2D eigenvalue weighted by Crippen LogP contribution is 2.40. The van der Waals surface area contributed by atoms with Crippen LogP contribution in [0.1, 0.15) is 18.4 Å². The number of rotatable bonds is 3. The molecule has 0 spiro atoms. The Labute approximate surface area is 112 Å². The number of para-hydroxylation sites is 1. The van der Waals surface area contributed by atoms with Gasteiger partial charge in [-0.15, -0.1) is 0 Å². The molecule has 5 nitrogen and oxygen atoms in total. The molecule has 19 heavy (non-hydrogen) atoms. The van der Waals surface area contributed by atoms with Gasteiger partial charge < -0.3 is 4.74 Å². The van der Waals surface area contributed by atoms with Crippen molar-refractivity contribution in [1.29, 1.82) is 0 Å². The molecule has 1 atom stereocenters. The van der Waals surface area contributed by atoms with Gasteiger partial charge in [-0.1, -0.05) is 18.2 Å². The van der Waals surface area contributed by atoms with E-state index in [2.05, 4.69) is 0 Å². The summed E-state index contributed by atoms with van der Waals surface area (Å²) < 4.78 is 43.9. The van der Waals surface area contributed by atoms with Crippen molar-refractivity contribution in [2.24, 2.45) is 5.14 Å². The van der Waals surface area contributed by atoms with Crippen molar-refractivity contribution in [1.82, 2.24) is 4.31 Å². The molecule has 1 aromatic rings. The third kappa shape index (κ3) is 2.88. The maximum absolute atomic E-state index is 15.1. The van der Waals surface area contributed by atoms with E-state index in [1.807, 2.05) is 0 Å². The summed E-state index contributed by atoms with van der Waals surface area (Å²) in [6, 6.07) is 6.72. The molecule has 1 unspecified atom stereocenters. The Morgan fingerprint density at radius 3 is 2.74 bits per heavy atom. The van der Waals surface area contributed by atoms with Gasteiger partial charge >= 0.3 is 0 Å². The number of nitrogens with zero attached hydrogens (tertiary/aromatic N) is 1. The normalized spacial score (nSPS) is 25.2. The second-order valence-corrected chi connectivity index (χ2v) is 6.19. The van der Waals surface area contributed by atoms with Crippen LogP contribution < -0.4 is 9.88 Å². The maximum atomic E-state index is 15.1. The lowest BCUT2D eigenvalue weighted by molar-refractivity contribution is 0.0787. The zero-order chi connectivity index (χ0) is 14.1. The molecule has 0 radical (unpaired) electrons. The Kier molecular flexibility index (Phi) is 3.80. The third-order valence-electron chi connectivity index (χ3n) is 3.36. The first-order valence-electron chi connectivity index (χ1n) is 5.97. The van der Waals surface area contributed by atoms with Gasteiger partial charge in [0.2, 0.25) is 0 Å². The van der Waals surface area contributed by atoms with Crippen LogP contribution in [0.25, 0.3) is 0 Å². The number of hydrogen-bond acceptors (Lipinski definition) is 3. The van der Waals surface area contributed by atoms with Crippen LogP contribution in [-0.4, -0.2) is 32.9 Å². The van der Waals surface area contributed by atoms with E-state index in [4.69, 9.17) is 9.88 Å². The van der Waals surface area contributed by atoms with Crippen LogP contribution in [0, 0.1) is 0 Å². The lowest BCUT2D eigenvalue weighted by atomic mass is 9.88. The van der Waals surface area contributed by atoms with Crippen molar-refractivity contribution in [3.8, 4) is 5.75 Å². The molecule has 1 saturated heterocycles. The van der Waals surface area contributed by atoms with Crippen LogP contribution in [-0.2, 0) is 15.9 Å². The molecule has 0 aliphatic carbocycles. The van der Waals surface area contributed by atoms with Gasteiger partial charge in [0.15, 0.2) is 5.67 Å². The Bertz CT molecular complexity index is 564. The van der Waals surface area contributed by atoms with Gasteiger partial charge in [0.1, 0.15) is 5.75 Å². The number of methoxy groups -OCH3 is 1. The second-order valence-electron chi connectivity index (χ2n) is 4.65. The summed E-state index contributed by atoms with van der Waals surface area (Å²) in [4.78, 5) is 0. The van der Waals surface area contributed by atoms with Crippen LogP contribution in [0.2, 0.25) is 0 Å². The molecule has 2 rings (SSSR count). The summed E-state index contributed by atoms with van der Waals surface area (Å²) in [5, 5.41) is 5.08. The molecule has 1 heterocycles. The smallest absolute Gasteiger partial charge is 0.277 e. The van der Waals surface area contributed by atoms with E-state index in [9.17, 15) is 8.42 Å². The topological polar surface area (TPSA) is 72.6 Å². The van der Waals surface area contributed by atoms with E-state index in [0.29, 0.717) is 17.7 Å². The first-order chi connectivity index (χ1) is 8.87. The number of ether oxygens (including phenoxy) is 1. The van der Waals surface area contributed by atoms with E-state index in [1.54, 1.807) is 24.3 Å². The van der Waals surface area contributed by atoms with Gasteiger partial charge in [0.05, 0.1) is 13.7 Å². The summed E-state index contributed by atoms with van der Waals surface area (Å²) in [7, 11) is -2.41. The van der Waals surface area contributed by atoms with E-state index < -0.39 is 15.9 Å². The van der Waals surface area contributed by atoms with Crippen molar-refractivity contribution in [3.63, 3.8) is 0 Å². The molecule has 1 aliphatic rings. The molecule has 0 amide bonds. The molecule has 106 valence electrons. The highest BCUT2D eigenvalue weighted by molar-refractivity contribution is 7.86. The Balaban J connectivity index is 2.37. The van der Waals surface area contributed by atoms with Gasteiger partial charge in [-0.2, -0.15) is 12.7 Å². The van der Waals surface area contributed by atoms with Crippen molar-refractivity contribution in [2.45, 2.75) is 18.5 Å². The molecule has 1 fully saturated rings. The van der Waals surface area contributed by atoms with Gasteiger partial charge in [0.25, 0.3) is 10.2 Å². The van der Waals surface area contributed by atoms with Gasteiger partial charge in [-0.05, 0) is 18.9 Å². The lowest BCUT2D eigenvalue weighted by Gasteiger charge is -2.36. The molecule has 1 aliphatic heterocycles. The SMILES string of the molecule is COc1ccccc1C1(F)CCCN(S(N)(=O)=O)C1. The Morgan fingerprint density at radius 1 is 1.42 bits per heavy atom. The zero-order valence-corrected chi connectivity index (χ0v) is 11.5. The Hall–Kier alpha value is -1.18. The first-order valence-corrected chi connectivity index (χ1v) is 7.47. The summed E-state index contributed by atoms with van der Waals surface area (Å²) >= 11 is 0. The van der Waals surface area contributed by atoms with E-state index in [0.717, 1.165) is 4.31 Å². The molecule has 1 aromatic carbocycles. The van der Waals surface area contributed by atoms with Crippen molar-refractivity contribution >= 4 is 10.2 Å². The van der Waals surface area contributed by atoms with Crippen molar-refractivity contribution in [3.05, 3.63) is 29.8 Å². The lowest BCUT2D eigenvalue weighted by Crippen LogP contribution is -2.48. The zero-order valence-electron chi connectivity index (χ0n) is 10.7. The number of piperidine rings is 1. The summed E-state index contributed by atoms with van der Waals surface area (Å²) in [5.74, 6) is 0.418. The van der Waals surface area contributed by atoms with Gasteiger partial charge in [0, 0.05) is 12.1 Å².